The summed E-state index contributed by atoms with van der Waals surface area (Å²) in [4.78, 5) is -0.179. The maximum absolute atomic E-state index is 11.1. The largest absolute Gasteiger partial charge is 0.295 e. The smallest absolute Gasteiger partial charge is 0.282 e. The number of nitrogens with zero attached hydrogens (tertiary/aromatic N) is 1. The van der Waals surface area contributed by atoms with E-state index in [4.69, 9.17) is 9.81 Å². The van der Waals surface area contributed by atoms with E-state index in [9.17, 15) is 8.42 Å². The van der Waals surface area contributed by atoms with Gasteiger partial charge in [-0.15, -0.1) is 0 Å². The number of hydrogen-bond donors (Lipinski definition) is 1. The van der Waals surface area contributed by atoms with Crippen molar-refractivity contribution in [2.75, 3.05) is 0 Å². The second kappa shape index (κ2) is 5.17. The Hall–Kier alpha value is -0.900. The third kappa shape index (κ3) is 2.68. The zero-order chi connectivity index (χ0) is 11.8. The van der Waals surface area contributed by atoms with E-state index in [-0.39, 0.29) is 34.5 Å². The van der Waals surface area contributed by atoms with E-state index in [1.807, 2.05) is 6.07 Å². The summed E-state index contributed by atoms with van der Waals surface area (Å²) >= 11 is 0. The molecular formula is C11H7NNaO3S. The third-order valence-electron chi connectivity index (χ3n) is 2.28. The number of nitriles is 1. The van der Waals surface area contributed by atoms with Gasteiger partial charge in [-0.2, -0.15) is 13.7 Å². The van der Waals surface area contributed by atoms with Gasteiger partial charge in [-0.05, 0) is 12.1 Å². The molecule has 2 rings (SSSR count). The molecule has 1 radical (unpaired) electrons. The molecule has 2 aromatic carbocycles. The molecule has 6 heteroatoms. The monoisotopic (exact) mass is 256 g/mol. The first-order valence-corrected chi connectivity index (χ1v) is 5.87. The van der Waals surface area contributed by atoms with Gasteiger partial charge in [0.05, 0.1) is 11.6 Å². The average molecular weight is 256 g/mol. The van der Waals surface area contributed by atoms with Crippen LogP contribution in [-0.2, 0) is 10.1 Å². The minimum atomic E-state index is -4.26. The first-order chi connectivity index (χ1) is 7.54. The van der Waals surface area contributed by atoms with Crippen molar-refractivity contribution in [1.82, 2.24) is 0 Å². The number of hydrogen-bond acceptors (Lipinski definition) is 3. The van der Waals surface area contributed by atoms with Gasteiger partial charge in [0.2, 0.25) is 0 Å². The molecule has 0 aliphatic heterocycles. The Balaban J connectivity index is 0.00000144. The van der Waals surface area contributed by atoms with Gasteiger partial charge in [-0.25, -0.2) is 0 Å². The molecule has 1 N–H and O–H groups in total. The Morgan fingerprint density at radius 3 is 2.18 bits per heavy atom. The van der Waals surface area contributed by atoms with E-state index in [0.29, 0.717) is 16.3 Å². The molecule has 0 aromatic heterocycles. The van der Waals surface area contributed by atoms with Crippen LogP contribution in [0.2, 0.25) is 0 Å². The number of benzene rings is 2. The molecule has 0 saturated heterocycles. The fourth-order valence-corrected chi connectivity index (χ4v) is 2.29. The summed E-state index contributed by atoms with van der Waals surface area (Å²) in [7, 11) is -4.26. The molecule has 17 heavy (non-hydrogen) atoms. The van der Waals surface area contributed by atoms with Crippen molar-refractivity contribution in [2.45, 2.75) is 4.90 Å². The molecule has 0 spiro atoms. The summed E-state index contributed by atoms with van der Waals surface area (Å²) < 4.78 is 31.3. The van der Waals surface area contributed by atoms with Crippen LogP contribution in [0.4, 0.5) is 0 Å². The van der Waals surface area contributed by atoms with Gasteiger partial charge < -0.3 is 0 Å². The molecular weight excluding hydrogens is 249 g/mol. The van der Waals surface area contributed by atoms with Crippen LogP contribution in [0, 0.1) is 11.3 Å². The van der Waals surface area contributed by atoms with Gasteiger partial charge in [-0.3, -0.25) is 4.55 Å². The molecule has 0 unspecified atom stereocenters. The topological polar surface area (TPSA) is 78.2 Å². The standard InChI is InChI=1S/C11H7NO3S.Na/c12-7-8-5-6-11(16(13,14)15)10-4-2-1-3-9(8)10;/h1-6H,(H,13,14,15);. The molecule has 2 aromatic rings. The van der Waals surface area contributed by atoms with Crippen LogP contribution in [0.15, 0.2) is 41.3 Å². The first-order valence-electron chi connectivity index (χ1n) is 4.43. The molecule has 81 valence electrons. The van der Waals surface area contributed by atoms with E-state index >= 15 is 0 Å². The minimum absolute atomic E-state index is 0. The van der Waals surface area contributed by atoms with Crippen molar-refractivity contribution in [3.63, 3.8) is 0 Å². The molecule has 0 aliphatic carbocycles. The van der Waals surface area contributed by atoms with E-state index in [0.717, 1.165) is 0 Å². The molecule has 0 atom stereocenters. The summed E-state index contributed by atoms with van der Waals surface area (Å²) in [6, 6.07) is 11.1. The van der Waals surface area contributed by atoms with Crippen molar-refractivity contribution < 1.29 is 13.0 Å². The summed E-state index contributed by atoms with van der Waals surface area (Å²) in [6.07, 6.45) is 0. The van der Waals surface area contributed by atoms with Crippen molar-refractivity contribution in [3.8, 4) is 6.07 Å². The Morgan fingerprint density at radius 2 is 1.65 bits per heavy atom. The Bertz CT molecular complexity index is 704. The molecule has 0 saturated carbocycles. The van der Waals surface area contributed by atoms with E-state index < -0.39 is 10.1 Å². The second-order valence-corrected chi connectivity index (χ2v) is 4.63. The zero-order valence-corrected chi connectivity index (χ0v) is 11.9. The maximum atomic E-state index is 11.1. The Labute approximate surface area is 121 Å². The minimum Gasteiger partial charge on any atom is -0.282 e. The fraction of sp³-hybridized carbons (Fsp3) is 0. The molecule has 0 fully saturated rings. The van der Waals surface area contributed by atoms with Crippen LogP contribution >= 0.6 is 0 Å². The van der Waals surface area contributed by atoms with Gasteiger partial charge in [0, 0.05) is 40.3 Å². The predicted molar refractivity (Wildman–Crippen MR) is 64.2 cm³/mol. The van der Waals surface area contributed by atoms with Gasteiger partial charge >= 0.3 is 0 Å². The Kier molecular flexibility index (Phi) is 4.31. The SMILES string of the molecule is N#Cc1ccc(S(=O)(=O)O)c2ccccc12.[Na]. The Morgan fingerprint density at radius 1 is 1.06 bits per heavy atom. The molecule has 4 nitrogen and oxygen atoms in total. The van der Waals surface area contributed by atoms with Crippen LogP contribution < -0.4 is 0 Å². The summed E-state index contributed by atoms with van der Waals surface area (Å²) in [5.41, 5.74) is 0.378. The van der Waals surface area contributed by atoms with Crippen LogP contribution in [0.5, 0.6) is 0 Å². The number of rotatable bonds is 1. The van der Waals surface area contributed by atoms with Gasteiger partial charge in [0.15, 0.2) is 0 Å². The quantitative estimate of drug-likeness (QED) is 0.620. The number of fused-ring (bicyclic) bond motifs is 1. The van der Waals surface area contributed by atoms with E-state index in [1.54, 1.807) is 24.3 Å². The fourth-order valence-electron chi connectivity index (χ4n) is 1.59. The summed E-state index contributed by atoms with van der Waals surface area (Å²) in [6.45, 7) is 0. The predicted octanol–water partition coefficient (Wildman–Crippen LogP) is 1.58. The van der Waals surface area contributed by atoms with Gasteiger partial charge in [-0.1, -0.05) is 24.3 Å². The van der Waals surface area contributed by atoms with E-state index in [1.165, 1.54) is 12.1 Å². The normalized spacial score (nSPS) is 10.6. The van der Waals surface area contributed by atoms with Crippen LogP contribution in [0.25, 0.3) is 10.8 Å². The average Bonchev–Trinajstić information content (AvgIpc) is 2.26. The van der Waals surface area contributed by atoms with Crippen molar-refractivity contribution in [3.05, 3.63) is 42.0 Å². The van der Waals surface area contributed by atoms with Crippen molar-refractivity contribution >= 4 is 50.4 Å². The van der Waals surface area contributed by atoms with E-state index in [2.05, 4.69) is 0 Å². The molecule has 0 heterocycles. The molecule has 0 aliphatic rings. The summed E-state index contributed by atoms with van der Waals surface area (Å²) in [5, 5.41) is 9.73. The van der Waals surface area contributed by atoms with Gasteiger partial charge in [0.1, 0.15) is 4.90 Å². The molecule has 0 bridgehead atoms. The first kappa shape index (κ1) is 14.2. The third-order valence-corrected chi connectivity index (χ3v) is 3.19. The second-order valence-electron chi connectivity index (χ2n) is 3.24. The van der Waals surface area contributed by atoms with Crippen molar-refractivity contribution in [2.24, 2.45) is 0 Å². The maximum Gasteiger partial charge on any atom is 0.295 e. The van der Waals surface area contributed by atoms with Crippen molar-refractivity contribution in [1.29, 1.82) is 5.26 Å². The molecule has 0 amide bonds. The van der Waals surface area contributed by atoms with Gasteiger partial charge in [0.25, 0.3) is 10.1 Å². The summed E-state index contributed by atoms with van der Waals surface area (Å²) in [5.74, 6) is 0. The van der Waals surface area contributed by atoms with Crippen LogP contribution in [0.3, 0.4) is 0 Å². The van der Waals surface area contributed by atoms with Crippen LogP contribution in [-0.4, -0.2) is 42.5 Å². The zero-order valence-electron chi connectivity index (χ0n) is 9.08. The van der Waals surface area contributed by atoms with Crippen LogP contribution in [0.1, 0.15) is 5.56 Å².